The Morgan fingerprint density at radius 2 is 1.48 bits per heavy atom. The maximum Gasteiger partial charge on any atom is 0.206 e. The molecule has 0 heterocycles. The Labute approximate surface area is 121 Å². The van der Waals surface area contributed by atoms with Crippen LogP contribution < -0.4 is 9.47 Å². The van der Waals surface area contributed by atoms with Gasteiger partial charge in [-0.2, -0.15) is 0 Å². The molecule has 0 spiro atoms. The smallest absolute Gasteiger partial charge is 0.206 e. The molecule has 0 bridgehead atoms. The highest BCUT2D eigenvalue weighted by atomic mass is 19.1. The summed E-state index contributed by atoms with van der Waals surface area (Å²) in [5, 5.41) is 0. The van der Waals surface area contributed by atoms with Crippen LogP contribution in [0.15, 0.2) is 42.5 Å². The quantitative estimate of drug-likeness (QED) is 0.763. The Hall–Kier alpha value is -2.43. The first-order chi connectivity index (χ1) is 10.1. The molecule has 0 amide bonds. The summed E-state index contributed by atoms with van der Waals surface area (Å²) in [7, 11) is 0. The van der Waals surface area contributed by atoms with Gasteiger partial charge in [0.2, 0.25) is 5.78 Å². The Morgan fingerprint density at radius 3 is 2.00 bits per heavy atom. The van der Waals surface area contributed by atoms with Crippen molar-refractivity contribution in [3.63, 3.8) is 0 Å². The van der Waals surface area contributed by atoms with E-state index in [9.17, 15) is 13.6 Å². The van der Waals surface area contributed by atoms with Gasteiger partial charge in [-0.25, -0.2) is 8.78 Å². The van der Waals surface area contributed by atoms with Gasteiger partial charge in [0.1, 0.15) is 23.1 Å². The molecular formula is C16H14F2O3. The first-order valence-electron chi connectivity index (χ1n) is 6.44. The van der Waals surface area contributed by atoms with E-state index in [2.05, 4.69) is 0 Å². The summed E-state index contributed by atoms with van der Waals surface area (Å²) >= 11 is 0. The van der Waals surface area contributed by atoms with E-state index in [0.717, 1.165) is 12.1 Å². The maximum absolute atomic E-state index is 13.4. The van der Waals surface area contributed by atoms with Crippen molar-refractivity contribution in [2.24, 2.45) is 0 Å². The number of ketones is 1. The monoisotopic (exact) mass is 292 g/mol. The van der Waals surface area contributed by atoms with Crippen molar-refractivity contribution in [3.8, 4) is 11.5 Å². The summed E-state index contributed by atoms with van der Waals surface area (Å²) in [5.74, 6) is -1.44. The van der Waals surface area contributed by atoms with Crippen LogP contribution in [0.2, 0.25) is 0 Å². The zero-order valence-electron chi connectivity index (χ0n) is 11.4. The molecule has 0 aromatic heterocycles. The molecule has 5 heteroatoms. The van der Waals surface area contributed by atoms with Gasteiger partial charge in [0.25, 0.3) is 0 Å². The zero-order chi connectivity index (χ0) is 15.2. The van der Waals surface area contributed by atoms with Crippen molar-refractivity contribution in [1.82, 2.24) is 0 Å². The lowest BCUT2D eigenvalue weighted by Gasteiger charge is -2.08. The number of hydrogen-bond acceptors (Lipinski definition) is 3. The van der Waals surface area contributed by atoms with Gasteiger partial charge in [0.05, 0.1) is 12.2 Å². The standard InChI is InChI=1S/C16H14F2O3/c1-2-20-11-6-8-12(9-7-11)21-10-15(19)16-13(17)4-3-5-14(16)18/h3-9H,2,10H2,1H3. The molecule has 0 fully saturated rings. The molecule has 0 aliphatic heterocycles. The van der Waals surface area contributed by atoms with E-state index in [1.54, 1.807) is 24.3 Å². The fourth-order valence-corrected chi connectivity index (χ4v) is 1.78. The second kappa shape index (κ2) is 6.83. The largest absolute Gasteiger partial charge is 0.494 e. The molecule has 110 valence electrons. The molecule has 21 heavy (non-hydrogen) atoms. The second-order valence-electron chi connectivity index (χ2n) is 4.21. The number of Topliss-reactive ketones (excluding diaryl/α,β-unsaturated/α-hetero) is 1. The highest BCUT2D eigenvalue weighted by Gasteiger charge is 2.17. The third kappa shape index (κ3) is 3.78. The van der Waals surface area contributed by atoms with E-state index in [4.69, 9.17) is 9.47 Å². The summed E-state index contributed by atoms with van der Waals surface area (Å²) in [6.45, 7) is 1.98. The predicted octanol–water partition coefficient (Wildman–Crippen LogP) is 3.63. The van der Waals surface area contributed by atoms with E-state index in [1.807, 2.05) is 6.92 Å². The number of carbonyl (C=O) groups is 1. The molecule has 3 nitrogen and oxygen atoms in total. The molecule has 0 aliphatic carbocycles. The highest BCUT2D eigenvalue weighted by Crippen LogP contribution is 2.18. The lowest BCUT2D eigenvalue weighted by molar-refractivity contribution is 0.0913. The van der Waals surface area contributed by atoms with Gasteiger partial charge in [0.15, 0.2) is 6.61 Å². The van der Waals surface area contributed by atoms with Crippen molar-refractivity contribution in [3.05, 3.63) is 59.7 Å². The number of carbonyl (C=O) groups excluding carboxylic acids is 1. The minimum atomic E-state index is -0.893. The second-order valence-corrected chi connectivity index (χ2v) is 4.21. The van der Waals surface area contributed by atoms with Crippen LogP contribution >= 0.6 is 0 Å². The van der Waals surface area contributed by atoms with Crippen LogP contribution in [0.4, 0.5) is 8.78 Å². The molecule has 0 unspecified atom stereocenters. The topological polar surface area (TPSA) is 35.5 Å². The summed E-state index contributed by atoms with van der Waals surface area (Å²) in [4.78, 5) is 11.8. The molecule has 2 aromatic rings. The summed E-state index contributed by atoms with van der Waals surface area (Å²) in [5.41, 5.74) is -0.580. The van der Waals surface area contributed by atoms with E-state index >= 15 is 0 Å². The molecule has 0 saturated carbocycles. The van der Waals surface area contributed by atoms with Crippen molar-refractivity contribution in [1.29, 1.82) is 0 Å². The zero-order valence-corrected chi connectivity index (χ0v) is 11.4. The Balaban J connectivity index is 2.01. The van der Waals surface area contributed by atoms with E-state index in [0.29, 0.717) is 18.1 Å². The lowest BCUT2D eigenvalue weighted by atomic mass is 10.1. The average molecular weight is 292 g/mol. The molecule has 0 N–H and O–H groups in total. The highest BCUT2D eigenvalue weighted by molar-refractivity contribution is 5.97. The van der Waals surface area contributed by atoms with Crippen molar-refractivity contribution >= 4 is 5.78 Å². The predicted molar refractivity (Wildman–Crippen MR) is 73.8 cm³/mol. The van der Waals surface area contributed by atoms with Gasteiger partial charge in [0, 0.05) is 0 Å². The number of halogens is 2. The van der Waals surface area contributed by atoms with E-state index in [-0.39, 0.29) is 0 Å². The summed E-state index contributed by atoms with van der Waals surface area (Å²) in [6.07, 6.45) is 0. The number of rotatable bonds is 6. The van der Waals surface area contributed by atoms with Gasteiger partial charge in [-0.05, 0) is 43.3 Å². The van der Waals surface area contributed by atoms with Crippen LogP contribution in [0.5, 0.6) is 11.5 Å². The minimum Gasteiger partial charge on any atom is -0.494 e. The van der Waals surface area contributed by atoms with Crippen molar-refractivity contribution in [2.45, 2.75) is 6.92 Å². The molecule has 0 aliphatic rings. The van der Waals surface area contributed by atoms with Crippen LogP contribution in [0.1, 0.15) is 17.3 Å². The molecule has 0 saturated heterocycles. The summed E-state index contributed by atoms with van der Waals surface area (Å²) < 4.78 is 37.4. The third-order valence-electron chi connectivity index (χ3n) is 2.75. The molecular weight excluding hydrogens is 278 g/mol. The van der Waals surface area contributed by atoms with Crippen LogP contribution in [-0.2, 0) is 0 Å². The van der Waals surface area contributed by atoms with Gasteiger partial charge in [-0.15, -0.1) is 0 Å². The first kappa shape index (κ1) is 15.0. The number of benzene rings is 2. The maximum atomic E-state index is 13.4. The Kier molecular flexibility index (Phi) is 4.87. The van der Waals surface area contributed by atoms with Crippen LogP contribution in [0.3, 0.4) is 0 Å². The van der Waals surface area contributed by atoms with E-state index in [1.165, 1.54) is 6.07 Å². The molecule has 2 rings (SSSR count). The van der Waals surface area contributed by atoms with Crippen LogP contribution in [0, 0.1) is 11.6 Å². The normalized spacial score (nSPS) is 10.2. The summed E-state index contributed by atoms with van der Waals surface area (Å²) in [6, 6.07) is 9.89. The van der Waals surface area contributed by atoms with Crippen molar-refractivity contribution in [2.75, 3.05) is 13.2 Å². The minimum absolute atomic E-state index is 0.420. The number of ether oxygens (including phenoxy) is 2. The van der Waals surface area contributed by atoms with Gasteiger partial charge in [-0.3, -0.25) is 4.79 Å². The molecule has 0 atom stereocenters. The van der Waals surface area contributed by atoms with Crippen molar-refractivity contribution < 1.29 is 23.0 Å². The van der Waals surface area contributed by atoms with E-state index < -0.39 is 29.6 Å². The Morgan fingerprint density at radius 1 is 0.952 bits per heavy atom. The lowest BCUT2D eigenvalue weighted by Crippen LogP contribution is -2.15. The fraction of sp³-hybridized carbons (Fsp3) is 0.188. The van der Waals surface area contributed by atoms with Gasteiger partial charge < -0.3 is 9.47 Å². The number of hydrogen-bond donors (Lipinski definition) is 0. The SMILES string of the molecule is CCOc1ccc(OCC(=O)c2c(F)cccc2F)cc1. The average Bonchev–Trinajstić information content (AvgIpc) is 2.47. The molecule has 2 aromatic carbocycles. The Bertz CT molecular complexity index is 604. The van der Waals surface area contributed by atoms with Crippen LogP contribution in [0.25, 0.3) is 0 Å². The van der Waals surface area contributed by atoms with Crippen LogP contribution in [-0.4, -0.2) is 19.0 Å². The first-order valence-corrected chi connectivity index (χ1v) is 6.44. The molecule has 0 radical (unpaired) electrons. The fourth-order valence-electron chi connectivity index (χ4n) is 1.78. The van der Waals surface area contributed by atoms with Gasteiger partial charge >= 0.3 is 0 Å². The third-order valence-corrected chi connectivity index (χ3v) is 2.75. The van der Waals surface area contributed by atoms with Gasteiger partial charge in [-0.1, -0.05) is 6.07 Å².